The molecule has 0 heterocycles. The molecule has 0 saturated heterocycles. The zero-order valence-electron chi connectivity index (χ0n) is 16.8. The zero-order valence-corrected chi connectivity index (χ0v) is 16.8. The molecule has 4 rings (SSSR count). The molecule has 0 heteroatoms. The fraction of sp³-hybridized carbons (Fsp3) is 1.00. The van der Waals surface area contributed by atoms with Gasteiger partial charge in [-0.15, -0.1) is 0 Å². The van der Waals surface area contributed by atoms with Crippen LogP contribution in [0.2, 0.25) is 0 Å². The van der Waals surface area contributed by atoms with Crippen LogP contribution in [0.3, 0.4) is 0 Å². The van der Waals surface area contributed by atoms with Crippen molar-refractivity contribution in [2.45, 2.75) is 87.0 Å². The minimum absolute atomic E-state index is 0.673. The van der Waals surface area contributed by atoms with Crippen LogP contribution in [0.25, 0.3) is 0 Å². The van der Waals surface area contributed by atoms with Gasteiger partial charge in [-0.25, -0.2) is 0 Å². The highest BCUT2D eigenvalue weighted by Crippen LogP contribution is 2.84. The third kappa shape index (κ3) is 2.02. The van der Waals surface area contributed by atoms with Crippen LogP contribution in [0, 0.1) is 57.7 Å². The SMILES string of the molecule is CC(C)CC1CCC2(C)C3C(CC(C)C32C)CC2(C)C(C)C2C1. The monoisotopic (exact) mass is 316 g/mol. The summed E-state index contributed by atoms with van der Waals surface area (Å²) in [6, 6.07) is 0. The number of rotatable bonds is 2. The number of fused-ring (bicyclic) bond motifs is 2. The van der Waals surface area contributed by atoms with Crippen molar-refractivity contribution >= 4 is 0 Å². The van der Waals surface area contributed by atoms with Gasteiger partial charge in [0.1, 0.15) is 0 Å². The van der Waals surface area contributed by atoms with Crippen molar-refractivity contribution < 1.29 is 0 Å². The average molecular weight is 317 g/mol. The van der Waals surface area contributed by atoms with Gasteiger partial charge in [-0.1, -0.05) is 48.5 Å². The first-order valence-corrected chi connectivity index (χ1v) is 10.6. The molecule has 0 aliphatic heterocycles. The van der Waals surface area contributed by atoms with Crippen molar-refractivity contribution in [3.8, 4) is 0 Å². The Morgan fingerprint density at radius 1 is 1.04 bits per heavy atom. The molecule has 0 spiro atoms. The summed E-state index contributed by atoms with van der Waals surface area (Å²) < 4.78 is 0. The average Bonchev–Trinajstić information content (AvgIpc) is 3.09. The Balaban J connectivity index is 1.61. The lowest BCUT2D eigenvalue weighted by Gasteiger charge is -2.32. The summed E-state index contributed by atoms with van der Waals surface area (Å²) in [6.07, 6.45) is 9.11. The molecule has 132 valence electrons. The van der Waals surface area contributed by atoms with E-state index in [1.165, 1.54) is 32.1 Å². The Morgan fingerprint density at radius 3 is 2.39 bits per heavy atom. The van der Waals surface area contributed by atoms with Crippen LogP contribution < -0.4 is 0 Å². The summed E-state index contributed by atoms with van der Waals surface area (Å²) in [7, 11) is 0. The van der Waals surface area contributed by atoms with Crippen LogP contribution in [0.15, 0.2) is 0 Å². The zero-order chi connectivity index (χ0) is 16.8. The third-order valence-corrected chi connectivity index (χ3v) is 10.2. The molecule has 4 aliphatic carbocycles. The maximum atomic E-state index is 2.67. The molecule has 9 atom stereocenters. The van der Waals surface area contributed by atoms with Gasteiger partial charge in [0.05, 0.1) is 0 Å². The van der Waals surface area contributed by atoms with Gasteiger partial charge in [0.2, 0.25) is 0 Å². The molecule has 4 fully saturated rings. The molecule has 0 bridgehead atoms. The second-order valence-electron chi connectivity index (χ2n) is 11.4. The molecule has 0 N–H and O–H groups in total. The van der Waals surface area contributed by atoms with Crippen molar-refractivity contribution in [3.05, 3.63) is 0 Å². The molecular formula is C23H40. The number of hydrogen-bond donors (Lipinski definition) is 0. The summed E-state index contributed by atoms with van der Waals surface area (Å²) in [5, 5.41) is 0. The van der Waals surface area contributed by atoms with Gasteiger partial charge < -0.3 is 0 Å². The molecule has 23 heavy (non-hydrogen) atoms. The summed E-state index contributed by atoms with van der Waals surface area (Å²) >= 11 is 0. The van der Waals surface area contributed by atoms with E-state index in [9.17, 15) is 0 Å². The summed E-state index contributed by atoms with van der Waals surface area (Å²) in [4.78, 5) is 0. The molecule has 0 nitrogen and oxygen atoms in total. The lowest BCUT2D eigenvalue weighted by atomic mass is 9.73. The van der Waals surface area contributed by atoms with E-state index in [-0.39, 0.29) is 0 Å². The van der Waals surface area contributed by atoms with Crippen molar-refractivity contribution in [3.63, 3.8) is 0 Å². The van der Waals surface area contributed by atoms with E-state index in [0.29, 0.717) is 16.2 Å². The minimum atomic E-state index is 0.673. The minimum Gasteiger partial charge on any atom is -0.0628 e. The van der Waals surface area contributed by atoms with Crippen LogP contribution in [0.4, 0.5) is 0 Å². The van der Waals surface area contributed by atoms with Gasteiger partial charge in [0.25, 0.3) is 0 Å². The van der Waals surface area contributed by atoms with Crippen LogP contribution in [0.1, 0.15) is 87.0 Å². The Bertz CT molecular complexity index is 492. The van der Waals surface area contributed by atoms with E-state index in [2.05, 4.69) is 48.5 Å². The van der Waals surface area contributed by atoms with Crippen molar-refractivity contribution in [2.24, 2.45) is 57.7 Å². The first-order chi connectivity index (χ1) is 10.6. The van der Waals surface area contributed by atoms with E-state index in [4.69, 9.17) is 0 Å². The quantitative estimate of drug-likeness (QED) is 0.526. The Morgan fingerprint density at radius 2 is 1.74 bits per heavy atom. The van der Waals surface area contributed by atoms with Gasteiger partial charge in [0, 0.05) is 0 Å². The van der Waals surface area contributed by atoms with E-state index < -0.39 is 0 Å². The molecule has 4 aliphatic rings. The van der Waals surface area contributed by atoms with Crippen LogP contribution in [-0.4, -0.2) is 0 Å². The van der Waals surface area contributed by atoms with Crippen molar-refractivity contribution in [1.82, 2.24) is 0 Å². The second kappa shape index (κ2) is 4.79. The van der Waals surface area contributed by atoms with E-state index in [1.807, 2.05) is 0 Å². The molecule has 0 amide bonds. The Hall–Kier alpha value is 0. The molecular weight excluding hydrogens is 276 g/mol. The summed E-state index contributed by atoms with van der Waals surface area (Å²) in [5.74, 6) is 6.95. The normalized spacial score (nSPS) is 61.0. The highest BCUT2D eigenvalue weighted by Gasteiger charge is 2.78. The van der Waals surface area contributed by atoms with Crippen LogP contribution >= 0.6 is 0 Å². The topological polar surface area (TPSA) is 0 Å². The molecule has 9 unspecified atom stereocenters. The van der Waals surface area contributed by atoms with E-state index in [0.717, 1.165) is 41.4 Å². The first-order valence-electron chi connectivity index (χ1n) is 10.6. The molecule has 0 aromatic heterocycles. The highest BCUT2D eigenvalue weighted by atomic mass is 14.8. The molecule has 0 radical (unpaired) electrons. The van der Waals surface area contributed by atoms with Crippen LogP contribution in [-0.2, 0) is 0 Å². The van der Waals surface area contributed by atoms with Gasteiger partial charge >= 0.3 is 0 Å². The van der Waals surface area contributed by atoms with Gasteiger partial charge in [0.15, 0.2) is 0 Å². The maximum absolute atomic E-state index is 2.67. The van der Waals surface area contributed by atoms with Crippen molar-refractivity contribution in [1.29, 1.82) is 0 Å². The largest absolute Gasteiger partial charge is 0.0628 e. The van der Waals surface area contributed by atoms with Gasteiger partial charge in [-0.2, -0.15) is 0 Å². The summed E-state index contributed by atoms with van der Waals surface area (Å²) in [5.41, 5.74) is 2.03. The predicted molar refractivity (Wildman–Crippen MR) is 99.1 cm³/mol. The fourth-order valence-corrected chi connectivity index (χ4v) is 8.44. The van der Waals surface area contributed by atoms with Crippen LogP contribution in [0.5, 0.6) is 0 Å². The number of hydrogen-bond acceptors (Lipinski definition) is 0. The van der Waals surface area contributed by atoms with Crippen molar-refractivity contribution in [2.75, 3.05) is 0 Å². The third-order valence-electron chi connectivity index (χ3n) is 10.2. The predicted octanol–water partition coefficient (Wildman–Crippen LogP) is 6.79. The molecule has 0 aromatic rings. The maximum Gasteiger partial charge on any atom is -0.0207 e. The van der Waals surface area contributed by atoms with Gasteiger partial charge in [-0.3, -0.25) is 0 Å². The molecule has 0 aromatic carbocycles. The first kappa shape index (κ1) is 16.5. The lowest BCUT2D eigenvalue weighted by molar-refractivity contribution is 0.180. The second-order valence-corrected chi connectivity index (χ2v) is 11.4. The van der Waals surface area contributed by atoms with E-state index in [1.54, 1.807) is 6.42 Å². The smallest absolute Gasteiger partial charge is 0.0207 e. The van der Waals surface area contributed by atoms with Gasteiger partial charge in [-0.05, 0) is 96.2 Å². The fourth-order valence-electron chi connectivity index (χ4n) is 8.44. The van der Waals surface area contributed by atoms with E-state index >= 15 is 0 Å². The highest BCUT2D eigenvalue weighted by molar-refractivity contribution is 5.26. The lowest BCUT2D eigenvalue weighted by Crippen LogP contribution is -2.23. The molecule has 4 saturated carbocycles. The standard InChI is InChI=1S/C23H40/c1-14(2)10-17-8-9-22(6)20-18(11-15(3)23(20,22)7)13-21(5)16(4)19(21)12-17/h14-20H,8-13H2,1-7H3. The Labute approximate surface area is 145 Å². The summed E-state index contributed by atoms with van der Waals surface area (Å²) in [6.45, 7) is 18.0. The Kier molecular flexibility index (Phi) is 3.43.